The minimum Gasteiger partial charge on any atom is -0.481 e. The van der Waals surface area contributed by atoms with Crippen LogP contribution in [-0.4, -0.2) is 29.8 Å². The van der Waals surface area contributed by atoms with Gasteiger partial charge in [0.1, 0.15) is 5.92 Å². The highest BCUT2D eigenvalue weighted by atomic mass is 32.1. The lowest BCUT2D eigenvalue weighted by Gasteiger charge is -2.05. The summed E-state index contributed by atoms with van der Waals surface area (Å²) < 4.78 is 0. The largest absolute Gasteiger partial charge is 0.481 e. The van der Waals surface area contributed by atoms with E-state index in [2.05, 4.69) is 17.9 Å². The van der Waals surface area contributed by atoms with Crippen molar-refractivity contribution in [3.63, 3.8) is 0 Å². The predicted octanol–water partition coefficient (Wildman–Crippen LogP) is -0.637. The molecular weight excluding hydrogens is 154 g/mol. The van der Waals surface area contributed by atoms with E-state index < -0.39 is 17.8 Å². The molecule has 2 N–H and O–H groups in total. The maximum atomic E-state index is 10.6. The topological polar surface area (TPSA) is 66.4 Å². The Kier molecular flexibility index (Phi) is 3.87. The van der Waals surface area contributed by atoms with Crippen molar-refractivity contribution in [1.29, 1.82) is 0 Å². The lowest BCUT2D eigenvalue weighted by molar-refractivity contribution is -0.145. The maximum Gasteiger partial charge on any atom is 0.316 e. The van der Waals surface area contributed by atoms with Crippen LogP contribution in [-0.2, 0) is 9.59 Å². The van der Waals surface area contributed by atoms with Crippen molar-refractivity contribution in [3.8, 4) is 0 Å². The zero-order valence-corrected chi connectivity index (χ0v) is 6.39. The number of carbonyl (C=O) groups is 2. The lowest BCUT2D eigenvalue weighted by atomic mass is 10.2. The Bertz CT molecular complexity index is 148. The predicted molar refractivity (Wildman–Crippen MR) is 39.0 cm³/mol. The SMILES string of the molecule is CNC(=O)C(CS)C(=O)O. The fraction of sp³-hybridized carbons (Fsp3) is 0.600. The summed E-state index contributed by atoms with van der Waals surface area (Å²) in [5.41, 5.74) is 0. The van der Waals surface area contributed by atoms with Crippen molar-refractivity contribution in [3.05, 3.63) is 0 Å². The summed E-state index contributed by atoms with van der Waals surface area (Å²) in [5, 5.41) is 10.6. The average Bonchev–Trinajstić information content (AvgIpc) is 1.88. The summed E-state index contributed by atoms with van der Waals surface area (Å²) in [5.74, 6) is -2.67. The molecule has 4 nitrogen and oxygen atoms in total. The van der Waals surface area contributed by atoms with Crippen LogP contribution in [0.2, 0.25) is 0 Å². The van der Waals surface area contributed by atoms with Gasteiger partial charge in [-0.25, -0.2) is 0 Å². The van der Waals surface area contributed by atoms with Gasteiger partial charge in [0, 0.05) is 12.8 Å². The molecule has 0 aliphatic heterocycles. The zero-order valence-electron chi connectivity index (χ0n) is 5.50. The van der Waals surface area contributed by atoms with E-state index in [9.17, 15) is 9.59 Å². The molecule has 58 valence electrons. The van der Waals surface area contributed by atoms with Crippen LogP contribution in [0, 0.1) is 5.92 Å². The van der Waals surface area contributed by atoms with Crippen molar-refractivity contribution in [1.82, 2.24) is 5.32 Å². The van der Waals surface area contributed by atoms with Crippen LogP contribution in [0.1, 0.15) is 0 Å². The van der Waals surface area contributed by atoms with E-state index in [1.165, 1.54) is 7.05 Å². The molecule has 0 aromatic carbocycles. The van der Waals surface area contributed by atoms with E-state index in [4.69, 9.17) is 5.11 Å². The molecular formula is C5H9NO3S. The van der Waals surface area contributed by atoms with Gasteiger partial charge in [0.2, 0.25) is 5.91 Å². The van der Waals surface area contributed by atoms with Gasteiger partial charge >= 0.3 is 5.97 Å². The van der Waals surface area contributed by atoms with Gasteiger partial charge in [-0.05, 0) is 0 Å². The first kappa shape index (κ1) is 9.29. The van der Waals surface area contributed by atoms with Crippen LogP contribution in [0.4, 0.5) is 0 Å². The minimum absolute atomic E-state index is 0.0228. The first-order valence-electron chi connectivity index (χ1n) is 2.68. The van der Waals surface area contributed by atoms with Crippen LogP contribution < -0.4 is 5.32 Å². The van der Waals surface area contributed by atoms with Crippen LogP contribution in [0.3, 0.4) is 0 Å². The number of carboxylic acid groups (broad SMARTS) is 1. The molecule has 0 spiro atoms. The highest BCUT2D eigenvalue weighted by Crippen LogP contribution is 1.98. The van der Waals surface area contributed by atoms with E-state index in [1.54, 1.807) is 0 Å². The van der Waals surface area contributed by atoms with Gasteiger partial charge in [0.15, 0.2) is 0 Å². The standard InChI is InChI=1S/C5H9NO3S/c1-6-4(7)3(2-10)5(8)9/h3,10H,2H2,1H3,(H,6,7)(H,8,9). The van der Waals surface area contributed by atoms with Gasteiger partial charge in [0.05, 0.1) is 0 Å². The fourth-order valence-electron chi connectivity index (χ4n) is 0.447. The monoisotopic (exact) mass is 163 g/mol. The second kappa shape index (κ2) is 4.16. The second-order valence-electron chi connectivity index (χ2n) is 1.69. The van der Waals surface area contributed by atoms with E-state index >= 15 is 0 Å². The molecule has 0 aromatic heterocycles. The number of aliphatic carboxylic acids is 1. The van der Waals surface area contributed by atoms with Gasteiger partial charge in [-0.3, -0.25) is 9.59 Å². The Labute approximate surface area is 64.0 Å². The molecule has 0 heterocycles. The lowest BCUT2D eigenvalue weighted by Crippen LogP contribution is -2.34. The maximum absolute atomic E-state index is 10.6. The van der Waals surface area contributed by atoms with E-state index in [0.717, 1.165) is 0 Å². The van der Waals surface area contributed by atoms with Gasteiger partial charge in [-0.1, -0.05) is 0 Å². The third kappa shape index (κ3) is 2.26. The Morgan fingerprint density at radius 1 is 1.70 bits per heavy atom. The number of rotatable bonds is 3. The van der Waals surface area contributed by atoms with E-state index in [-0.39, 0.29) is 5.75 Å². The van der Waals surface area contributed by atoms with Crippen molar-refractivity contribution in [2.75, 3.05) is 12.8 Å². The van der Waals surface area contributed by atoms with Gasteiger partial charge in [-0.2, -0.15) is 12.6 Å². The third-order valence-electron chi connectivity index (χ3n) is 1.04. The summed E-state index contributed by atoms with van der Waals surface area (Å²) >= 11 is 3.71. The molecule has 1 unspecified atom stereocenters. The molecule has 5 heteroatoms. The number of carboxylic acids is 1. The van der Waals surface area contributed by atoms with Gasteiger partial charge < -0.3 is 10.4 Å². The van der Waals surface area contributed by atoms with E-state index in [0.29, 0.717) is 0 Å². The summed E-state index contributed by atoms with van der Waals surface area (Å²) in [6, 6.07) is 0. The molecule has 0 aliphatic carbocycles. The van der Waals surface area contributed by atoms with Crippen molar-refractivity contribution in [2.45, 2.75) is 0 Å². The average molecular weight is 163 g/mol. The highest BCUT2D eigenvalue weighted by molar-refractivity contribution is 7.80. The molecule has 1 atom stereocenters. The zero-order chi connectivity index (χ0) is 8.15. The van der Waals surface area contributed by atoms with Crippen molar-refractivity contribution >= 4 is 24.5 Å². The van der Waals surface area contributed by atoms with Crippen molar-refractivity contribution < 1.29 is 14.7 Å². The molecule has 10 heavy (non-hydrogen) atoms. The molecule has 0 radical (unpaired) electrons. The molecule has 0 saturated heterocycles. The highest BCUT2D eigenvalue weighted by Gasteiger charge is 2.22. The molecule has 0 bridgehead atoms. The Morgan fingerprint density at radius 2 is 2.20 bits per heavy atom. The van der Waals surface area contributed by atoms with Gasteiger partial charge in [0.25, 0.3) is 0 Å². The second-order valence-corrected chi connectivity index (χ2v) is 2.05. The quantitative estimate of drug-likeness (QED) is 0.383. The number of nitrogens with one attached hydrogen (secondary N) is 1. The normalized spacial score (nSPS) is 12.2. The van der Waals surface area contributed by atoms with Crippen LogP contribution in [0.25, 0.3) is 0 Å². The molecule has 0 saturated carbocycles. The Hall–Kier alpha value is -0.710. The first-order chi connectivity index (χ1) is 4.63. The van der Waals surface area contributed by atoms with Crippen LogP contribution >= 0.6 is 12.6 Å². The van der Waals surface area contributed by atoms with Crippen LogP contribution in [0.15, 0.2) is 0 Å². The Balaban J connectivity index is 4.06. The molecule has 0 rings (SSSR count). The van der Waals surface area contributed by atoms with E-state index in [1.807, 2.05) is 0 Å². The molecule has 0 aliphatic rings. The summed E-state index contributed by atoms with van der Waals surface area (Å²) in [4.78, 5) is 20.9. The number of carbonyl (C=O) groups excluding carboxylic acids is 1. The molecule has 1 amide bonds. The molecule has 0 aromatic rings. The summed E-state index contributed by atoms with van der Waals surface area (Å²) in [7, 11) is 1.39. The third-order valence-corrected chi connectivity index (χ3v) is 1.41. The smallest absolute Gasteiger partial charge is 0.316 e. The van der Waals surface area contributed by atoms with Gasteiger partial charge in [-0.15, -0.1) is 0 Å². The fourth-order valence-corrected chi connectivity index (χ4v) is 0.769. The molecule has 0 fully saturated rings. The number of hydrogen-bond donors (Lipinski definition) is 3. The first-order valence-corrected chi connectivity index (χ1v) is 3.32. The minimum atomic E-state index is -1.14. The number of amides is 1. The summed E-state index contributed by atoms with van der Waals surface area (Å²) in [6.45, 7) is 0. The Morgan fingerprint density at radius 3 is 2.30 bits per heavy atom. The van der Waals surface area contributed by atoms with Crippen molar-refractivity contribution in [2.24, 2.45) is 5.92 Å². The summed E-state index contributed by atoms with van der Waals surface area (Å²) in [6.07, 6.45) is 0. The number of hydrogen-bond acceptors (Lipinski definition) is 3. The number of thiol groups is 1. The van der Waals surface area contributed by atoms with Crippen LogP contribution in [0.5, 0.6) is 0 Å².